The number of carbonyl (C=O) groups is 5. The molecular weight excluding hydrogens is 542 g/mol. The molecular formula is C35H21N3O5. The van der Waals surface area contributed by atoms with Gasteiger partial charge < -0.3 is 16.4 Å². The largest absolute Gasteiger partial charge is 0.398 e. The number of carbonyl (C=O) groups excluding carboxylic acids is 5. The average Bonchev–Trinajstić information content (AvgIpc) is 3.04. The minimum atomic E-state index is -0.446. The van der Waals surface area contributed by atoms with E-state index in [0.717, 1.165) is 0 Å². The van der Waals surface area contributed by atoms with E-state index in [1.807, 2.05) is 0 Å². The lowest BCUT2D eigenvalue weighted by atomic mass is 9.81. The van der Waals surface area contributed by atoms with Gasteiger partial charge in [0.25, 0.3) is 5.91 Å². The summed E-state index contributed by atoms with van der Waals surface area (Å²) >= 11 is 0. The van der Waals surface area contributed by atoms with Gasteiger partial charge in [0.05, 0.1) is 39.3 Å². The number of ketones is 4. The first kappa shape index (κ1) is 25.8. The third-order valence-electron chi connectivity index (χ3n) is 7.74. The van der Waals surface area contributed by atoms with Gasteiger partial charge in [0, 0.05) is 33.5 Å². The highest BCUT2D eigenvalue weighted by molar-refractivity contribution is 6.34. The van der Waals surface area contributed by atoms with Crippen molar-refractivity contribution in [2.75, 3.05) is 16.4 Å². The molecule has 0 fully saturated rings. The fourth-order valence-corrected chi connectivity index (χ4v) is 5.71. The first-order valence-corrected chi connectivity index (χ1v) is 13.4. The molecule has 0 atom stereocenters. The molecule has 2 aliphatic rings. The van der Waals surface area contributed by atoms with Crippen LogP contribution in [0.4, 0.5) is 22.7 Å². The summed E-state index contributed by atoms with van der Waals surface area (Å²) in [5.41, 5.74) is 8.52. The topological polar surface area (TPSA) is 135 Å². The van der Waals surface area contributed by atoms with Crippen LogP contribution in [-0.4, -0.2) is 29.0 Å². The summed E-state index contributed by atoms with van der Waals surface area (Å²) in [4.78, 5) is 68.0. The van der Waals surface area contributed by atoms with Gasteiger partial charge in [0.2, 0.25) is 0 Å². The van der Waals surface area contributed by atoms with Gasteiger partial charge in [-0.2, -0.15) is 0 Å². The van der Waals surface area contributed by atoms with Crippen LogP contribution in [0.5, 0.6) is 0 Å². The highest BCUT2D eigenvalue weighted by atomic mass is 16.2. The Morgan fingerprint density at radius 1 is 0.465 bits per heavy atom. The van der Waals surface area contributed by atoms with Gasteiger partial charge in [-0.15, -0.1) is 0 Å². The minimum Gasteiger partial charge on any atom is -0.398 e. The van der Waals surface area contributed by atoms with Crippen molar-refractivity contribution in [3.8, 4) is 0 Å². The first-order chi connectivity index (χ1) is 20.8. The van der Waals surface area contributed by atoms with Crippen LogP contribution < -0.4 is 16.4 Å². The van der Waals surface area contributed by atoms with E-state index >= 15 is 0 Å². The molecule has 43 heavy (non-hydrogen) atoms. The minimum absolute atomic E-state index is 0.0232. The van der Waals surface area contributed by atoms with Crippen molar-refractivity contribution in [1.29, 1.82) is 0 Å². The Morgan fingerprint density at radius 3 is 1.40 bits per heavy atom. The fourth-order valence-electron chi connectivity index (χ4n) is 5.71. The summed E-state index contributed by atoms with van der Waals surface area (Å²) < 4.78 is 0. The van der Waals surface area contributed by atoms with Crippen molar-refractivity contribution < 1.29 is 24.0 Å². The van der Waals surface area contributed by atoms with Gasteiger partial charge in [-0.05, 0) is 36.4 Å². The standard InChI is InChI=1S/C35H21N3O5/c36-23-14-15-24(28-27(23)31(39)19-10-4-5-11-20(19)32(28)40)37-25-16-17-26(38-35(43)18-8-2-1-3-9-18)30-29(25)33(41)21-12-6-7-13-22(21)34(30)42/h1-17,37H,36H2,(H,38,43). The Kier molecular flexibility index (Phi) is 5.84. The second-order valence-corrected chi connectivity index (χ2v) is 10.2. The summed E-state index contributed by atoms with van der Waals surface area (Å²) in [6.45, 7) is 0. The molecule has 8 heteroatoms. The Balaban J connectivity index is 1.38. The Hall–Kier alpha value is -6.15. The Bertz CT molecular complexity index is 2080. The molecule has 5 aromatic carbocycles. The van der Waals surface area contributed by atoms with Crippen molar-refractivity contribution in [2.45, 2.75) is 0 Å². The van der Waals surface area contributed by atoms with Gasteiger partial charge in [0.15, 0.2) is 23.1 Å². The molecule has 8 nitrogen and oxygen atoms in total. The maximum absolute atomic E-state index is 13.9. The summed E-state index contributed by atoms with van der Waals surface area (Å²) in [6.07, 6.45) is 0. The highest BCUT2D eigenvalue weighted by Gasteiger charge is 2.36. The maximum atomic E-state index is 13.9. The zero-order valence-electron chi connectivity index (χ0n) is 22.4. The van der Waals surface area contributed by atoms with Gasteiger partial charge >= 0.3 is 0 Å². The maximum Gasteiger partial charge on any atom is 0.255 e. The second-order valence-electron chi connectivity index (χ2n) is 10.2. The van der Waals surface area contributed by atoms with Crippen LogP contribution in [0.25, 0.3) is 0 Å². The van der Waals surface area contributed by atoms with Gasteiger partial charge in [-0.3, -0.25) is 24.0 Å². The smallest absolute Gasteiger partial charge is 0.255 e. The second kappa shape index (κ2) is 9.74. The molecule has 0 unspecified atom stereocenters. The van der Waals surface area contributed by atoms with Crippen LogP contribution >= 0.6 is 0 Å². The lowest BCUT2D eigenvalue weighted by Crippen LogP contribution is -2.26. The van der Waals surface area contributed by atoms with Gasteiger partial charge in [-0.1, -0.05) is 66.7 Å². The van der Waals surface area contributed by atoms with Crippen LogP contribution in [0.2, 0.25) is 0 Å². The van der Waals surface area contributed by atoms with Crippen LogP contribution in [0.3, 0.4) is 0 Å². The van der Waals surface area contributed by atoms with Crippen molar-refractivity contribution in [2.24, 2.45) is 0 Å². The number of nitrogen functional groups attached to an aromatic ring is 1. The predicted octanol–water partition coefficient (Wildman–Crippen LogP) is 5.82. The average molecular weight is 564 g/mol. The molecule has 4 N–H and O–H groups in total. The summed E-state index contributed by atoms with van der Waals surface area (Å²) in [7, 11) is 0. The Labute approximate surface area is 245 Å². The molecule has 0 radical (unpaired) electrons. The van der Waals surface area contributed by atoms with E-state index in [1.165, 1.54) is 12.1 Å². The first-order valence-electron chi connectivity index (χ1n) is 13.4. The molecule has 0 heterocycles. The number of anilines is 4. The third-order valence-corrected chi connectivity index (χ3v) is 7.74. The Morgan fingerprint density at radius 2 is 0.860 bits per heavy atom. The van der Waals surface area contributed by atoms with E-state index in [0.29, 0.717) is 5.56 Å². The van der Waals surface area contributed by atoms with Gasteiger partial charge in [-0.25, -0.2) is 0 Å². The van der Waals surface area contributed by atoms with Gasteiger partial charge in [0.1, 0.15) is 0 Å². The predicted molar refractivity (Wildman–Crippen MR) is 162 cm³/mol. The quantitative estimate of drug-likeness (QED) is 0.230. The van der Waals surface area contributed by atoms with Crippen molar-refractivity contribution in [3.05, 3.63) is 153 Å². The number of nitrogens with one attached hydrogen (secondary N) is 2. The number of fused-ring (bicyclic) bond motifs is 4. The molecule has 2 aliphatic carbocycles. The molecule has 5 aromatic rings. The summed E-state index contributed by atoms with van der Waals surface area (Å²) in [5.74, 6) is -2.09. The summed E-state index contributed by atoms with van der Waals surface area (Å²) in [6, 6.07) is 27.7. The number of hydrogen-bond acceptors (Lipinski definition) is 7. The normalized spacial score (nSPS) is 13.0. The molecule has 0 bridgehead atoms. The zero-order chi connectivity index (χ0) is 29.8. The van der Waals surface area contributed by atoms with Crippen LogP contribution in [0.15, 0.2) is 103 Å². The number of nitrogens with two attached hydrogens (primary N) is 1. The third kappa shape index (κ3) is 3.96. The van der Waals surface area contributed by atoms with E-state index in [4.69, 9.17) is 5.73 Å². The molecule has 0 saturated heterocycles. The van der Waals surface area contributed by atoms with E-state index in [9.17, 15) is 24.0 Å². The van der Waals surface area contributed by atoms with Crippen LogP contribution in [0.1, 0.15) is 74.0 Å². The SMILES string of the molecule is Nc1ccc(Nc2ccc(NC(=O)c3ccccc3)c3c2C(=O)c2ccccc2C3=O)c2c1C(=O)c1ccccc1C2=O. The number of benzene rings is 5. The molecule has 0 spiro atoms. The van der Waals surface area contributed by atoms with E-state index < -0.39 is 23.3 Å². The monoisotopic (exact) mass is 563 g/mol. The zero-order valence-corrected chi connectivity index (χ0v) is 22.4. The molecule has 1 amide bonds. The van der Waals surface area contributed by atoms with Crippen molar-refractivity contribution in [3.63, 3.8) is 0 Å². The molecule has 0 aliphatic heterocycles. The van der Waals surface area contributed by atoms with Crippen molar-refractivity contribution >= 4 is 51.8 Å². The van der Waals surface area contributed by atoms with E-state index in [-0.39, 0.29) is 73.0 Å². The molecule has 0 saturated carbocycles. The summed E-state index contributed by atoms with van der Waals surface area (Å²) in [5, 5.41) is 5.93. The lowest BCUT2D eigenvalue weighted by molar-refractivity contribution is 0.0979. The number of amides is 1. The molecule has 0 aromatic heterocycles. The molecule has 206 valence electrons. The van der Waals surface area contributed by atoms with E-state index in [1.54, 1.807) is 91.0 Å². The highest BCUT2D eigenvalue weighted by Crippen LogP contribution is 2.41. The van der Waals surface area contributed by atoms with Crippen LogP contribution in [-0.2, 0) is 0 Å². The van der Waals surface area contributed by atoms with Crippen LogP contribution in [0, 0.1) is 0 Å². The van der Waals surface area contributed by atoms with Crippen molar-refractivity contribution in [1.82, 2.24) is 0 Å². The van der Waals surface area contributed by atoms with E-state index in [2.05, 4.69) is 10.6 Å². The molecule has 7 rings (SSSR count). The fraction of sp³-hybridized carbons (Fsp3) is 0. The number of rotatable bonds is 4. The lowest BCUT2D eigenvalue weighted by Gasteiger charge is -2.25. The number of hydrogen-bond donors (Lipinski definition) is 3.